The van der Waals surface area contributed by atoms with Crippen LogP contribution in [0.5, 0.6) is 0 Å². The van der Waals surface area contributed by atoms with Gasteiger partial charge >= 0.3 is 90.0 Å². The molecular weight excluding hydrogens is 307 g/mol. The first-order valence-corrected chi connectivity index (χ1v) is 13.3. The van der Waals surface area contributed by atoms with Gasteiger partial charge in [0.15, 0.2) is 0 Å². The zero-order valence-corrected chi connectivity index (χ0v) is 11.4. The van der Waals surface area contributed by atoms with Crippen LogP contribution in [0.3, 0.4) is 0 Å². The Bertz CT molecular complexity index is 244. The normalized spacial score (nSPS) is 12.1. The molecule has 0 unspecified atom stereocenters. The molecule has 0 aliphatic heterocycles. The van der Waals surface area contributed by atoms with E-state index in [4.69, 9.17) is 41.6 Å². The molecule has 0 saturated carbocycles. The van der Waals surface area contributed by atoms with Gasteiger partial charge in [-0.1, -0.05) is 0 Å². The second kappa shape index (κ2) is 3.64. The first-order chi connectivity index (χ1) is 4.91. The number of thiophene rings is 1. The van der Waals surface area contributed by atoms with E-state index in [0.29, 0.717) is 0 Å². The minimum atomic E-state index is -3.17. The molecule has 0 aliphatic carbocycles. The molecule has 0 saturated heterocycles. The molecule has 0 bridgehead atoms. The third-order valence-corrected chi connectivity index (χ3v) is 11.1. The van der Waals surface area contributed by atoms with Gasteiger partial charge in [0.2, 0.25) is 0 Å². The van der Waals surface area contributed by atoms with Crippen LogP contribution in [-0.2, 0) is 0 Å². The number of rotatable bonds is 1. The summed E-state index contributed by atoms with van der Waals surface area (Å²) in [7, 11) is 14.3. The van der Waals surface area contributed by atoms with Crippen LogP contribution in [0.15, 0.2) is 6.07 Å². The number of halogens is 4. The molecule has 6 heteroatoms. The Morgan fingerprint density at radius 2 is 1.91 bits per heavy atom. The average molecular weight is 311 g/mol. The predicted octanol–water partition coefficient (Wildman–Crippen LogP) is 3.57. The Labute approximate surface area is 89.3 Å². The molecule has 1 aromatic heterocycles. The van der Waals surface area contributed by atoms with Crippen LogP contribution >= 0.6 is 53.0 Å². The molecule has 1 rings (SSSR count). The van der Waals surface area contributed by atoms with Crippen molar-refractivity contribution in [3.8, 4) is 0 Å². The second-order valence-electron chi connectivity index (χ2n) is 2.07. The topological polar surface area (TPSA) is 0 Å². The fourth-order valence-corrected chi connectivity index (χ4v) is 6.90. The van der Waals surface area contributed by atoms with Gasteiger partial charge in [0.25, 0.3) is 0 Å². The molecule has 0 nitrogen and oxygen atoms in total. The van der Waals surface area contributed by atoms with Crippen molar-refractivity contribution in [1.29, 1.82) is 0 Å². The molecule has 0 atom stereocenters. The Kier molecular flexibility index (Phi) is 3.47. The zero-order valence-electron chi connectivity index (χ0n) is 5.50. The van der Waals surface area contributed by atoms with E-state index in [1.165, 1.54) is 11.3 Å². The number of aryl methyl sites for hydroxylation is 1. The van der Waals surface area contributed by atoms with E-state index in [1.54, 1.807) is 0 Å². The van der Waals surface area contributed by atoms with Crippen LogP contribution < -0.4 is 3.71 Å². The van der Waals surface area contributed by atoms with Gasteiger partial charge in [0.1, 0.15) is 0 Å². The Morgan fingerprint density at radius 3 is 2.09 bits per heavy atom. The van der Waals surface area contributed by atoms with Crippen LogP contribution in [-0.4, -0.2) is 10.5 Å². The van der Waals surface area contributed by atoms with Crippen molar-refractivity contribution in [2.45, 2.75) is 6.92 Å². The molecule has 1 aromatic rings. The maximum absolute atomic E-state index is 5.81. The van der Waals surface area contributed by atoms with Crippen molar-refractivity contribution in [3.63, 3.8) is 0 Å². The molecule has 0 amide bonds. The van der Waals surface area contributed by atoms with Crippen LogP contribution in [0.25, 0.3) is 0 Å². The number of hydrogen-bond acceptors (Lipinski definition) is 1. The van der Waals surface area contributed by atoms with Gasteiger partial charge < -0.3 is 0 Å². The molecule has 0 N–H and O–H groups in total. The van der Waals surface area contributed by atoms with E-state index in [0.717, 1.165) is 13.6 Å². The number of hydrogen-bond donors (Lipinski definition) is 0. The minimum absolute atomic E-state index is 0.719. The van der Waals surface area contributed by atoms with E-state index in [2.05, 4.69) is 0 Å². The fourth-order valence-electron chi connectivity index (χ4n) is 0.600. The van der Waals surface area contributed by atoms with Gasteiger partial charge in [-0.15, -0.1) is 0 Å². The maximum atomic E-state index is 5.81. The summed E-state index contributed by atoms with van der Waals surface area (Å²) in [5.74, 6) is 0. The van der Waals surface area contributed by atoms with Crippen molar-refractivity contribution in [3.05, 3.63) is 16.0 Å². The van der Waals surface area contributed by atoms with Crippen molar-refractivity contribution < 1.29 is 0 Å². The van der Waals surface area contributed by atoms with Crippen LogP contribution in [0.1, 0.15) is 5.56 Å². The van der Waals surface area contributed by atoms with Gasteiger partial charge in [-0.2, -0.15) is 0 Å². The van der Waals surface area contributed by atoms with E-state index in [-0.39, 0.29) is 0 Å². The summed E-state index contributed by atoms with van der Waals surface area (Å²) in [5.41, 5.74) is 0.989. The summed E-state index contributed by atoms with van der Waals surface area (Å²) in [5, 5.41) is 0. The third kappa shape index (κ3) is 2.68. The van der Waals surface area contributed by atoms with Crippen molar-refractivity contribution in [1.82, 2.24) is 0 Å². The van der Waals surface area contributed by atoms with E-state index in [1.807, 2.05) is 13.0 Å². The summed E-state index contributed by atoms with van der Waals surface area (Å²) in [6.45, 7) is 1.90. The van der Waals surface area contributed by atoms with Gasteiger partial charge in [0, 0.05) is 0 Å². The van der Waals surface area contributed by atoms with E-state index in [9.17, 15) is 0 Å². The Hall–Kier alpha value is 1.40. The van der Waals surface area contributed by atoms with Crippen molar-refractivity contribution >= 4 is 67.2 Å². The molecular formula is C5H4Cl4GeS. The van der Waals surface area contributed by atoms with Gasteiger partial charge in [-0.3, -0.25) is 0 Å². The van der Waals surface area contributed by atoms with Gasteiger partial charge in [0.05, 0.1) is 0 Å². The summed E-state index contributed by atoms with van der Waals surface area (Å²) in [4.78, 5) is 0. The second-order valence-corrected chi connectivity index (χ2v) is 19.6. The fraction of sp³-hybridized carbons (Fsp3) is 0.200. The van der Waals surface area contributed by atoms with Crippen LogP contribution in [0.2, 0.25) is 4.34 Å². The summed E-state index contributed by atoms with van der Waals surface area (Å²) >= 11 is 7.18. The predicted molar refractivity (Wildman–Crippen MR) is 57.0 cm³/mol. The summed E-state index contributed by atoms with van der Waals surface area (Å²) < 4.78 is 1.56. The molecule has 0 aromatic carbocycles. The first-order valence-electron chi connectivity index (χ1n) is 2.74. The third-order valence-electron chi connectivity index (χ3n) is 1.14. The van der Waals surface area contributed by atoms with Crippen molar-refractivity contribution in [2.24, 2.45) is 0 Å². The molecule has 0 spiro atoms. The van der Waals surface area contributed by atoms with Crippen LogP contribution in [0, 0.1) is 6.92 Å². The molecule has 0 fully saturated rings. The standard InChI is InChI=1S/C5H4Cl4GeS/c1-3-2-4(10(7,8)9)11-5(3)6/h2H,1H3. The van der Waals surface area contributed by atoms with E-state index < -0.39 is 10.5 Å². The van der Waals surface area contributed by atoms with E-state index >= 15 is 0 Å². The molecule has 0 aliphatic rings. The molecule has 1 heterocycles. The SMILES string of the molecule is Cc1c[c]([Ge]([Cl])([Cl])[Cl])sc1Cl. The Morgan fingerprint density at radius 1 is 1.36 bits per heavy atom. The summed E-state index contributed by atoms with van der Waals surface area (Å²) in [6.07, 6.45) is 0. The van der Waals surface area contributed by atoms with Gasteiger partial charge in [-0.25, -0.2) is 0 Å². The molecule has 62 valence electrons. The first kappa shape index (κ1) is 10.5. The Balaban J connectivity index is 3.08. The van der Waals surface area contributed by atoms with Crippen LogP contribution in [0.4, 0.5) is 0 Å². The molecule has 0 radical (unpaired) electrons. The quantitative estimate of drug-likeness (QED) is 0.696. The zero-order chi connectivity index (χ0) is 8.65. The average Bonchev–Trinajstić information content (AvgIpc) is 2.11. The van der Waals surface area contributed by atoms with Gasteiger partial charge in [-0.05, 0) is 0 Å². The summed E-state index contributed by atoms with van der Waals surface area (Å²) in [6, 6.07) is 1.86. The molecule has 11 heavy (non-hydrogen) atoms. The monoisotopic (exact) mass is 310 g/mol. The van der Waals surface area contributed by atoms with Crippen molar-refractivity contribution in [2.75, 3.05) is 0 Å².